The van der Waals surface area contributed by atoms with E-state index < -0.39 is 0 Å². The van der Waals surface area contributed by atoms with E-state index in [2.05, 4.69) is 54.1 Å². The van der Waals surface area contributed by atoms with Gasteiger partial charge in [0.05, 0.1) is 0 Å². The van der Waals surface area contributed by atoms with Crippen LogP contribution in [0.25, 0.3) is 0 Å². The number of rotatable bonds is 8. The van der Waals surface area contributed by atoms with E-state index in [0.29, 0.717) is 0 Å². The van der Waals surface area contributed by atoms with Gasteiger partial charge in [0.2, 0.25) is 0 Å². The number of hydrogen-bond donors (Lipinski definition) is 0. The zero-order valence-corrected chi connectivity index (χ0v) is 17.0. The molecule has 3 nitrogen and oxygen atoms in total. The maximum absolute atomic E-state index is 9.84. The van der Waals surface area contributed by atoms with Gasteiger partial charge in [0.15, 0.2) is 0 Å². The van der Waals surface area contributed by atoms with Gasteiger partial charge < -0.3 is 9.69 Å². The van der Waals surface area contributed by atoms with Crippen molar-refractivity contribution in [2.45, 2.75) is 65.8 Å². The molecule has 0 radical (unpaired) electrons. The number of aldehydes is 1. The molecule has 3 heteroatoms. The quantitative estimate of drug-likeness (QED) is 0.487. The monoisotopic (exact) mass is 348 g/mol. The van der Waals surface area contributed by atoms with E-state index in [9.17, 15) is 4.79 Å². The van der Waals surface area contributed by atoms with Crippen LogP contribution in [0.4, 0.5) is 0 Å². The first-order valence-electron chi connectivity index (χ1n) is 10.1. The predicted molar refractivity (Wildman–Crippen MR) is 110 cm³/mol. The summed E-state index contributed by atoms with van der Waals surface area (Å²) in [6.07, 6.45) is 7.97. The van der Waals surface area contributed by atoms with Crippen LogP contribution in [-0.2, 0) is 11.3 Å². The summed E-state index contributed by atoms with van der Waals surface area (Å²) in [5.74, 6) is 0. The largest absolute Gasteiger partial charge is 0.304 e. The first kappa shape index (κ1) is 23.8. The Bertz CT molecular complexity index is 386. The normalized spacial score (nSPS) is 14.7. The second kappa shape index (κ2) is 17.6. The summed E-state index contributed by atoms with van der Waals surface area (Å²) in [6.45, 7) is 12.1. The van der Waals surface area contributed by atoms with Gasteiger partial charge in [-0.3, -0.25) is 4.90 Å². The van der Waals surface area contributed by atoms with E-state index in [1.807, 2.05) is 13.8 Å². The molecule has 1 heterocycles. The van der Waals surface area contributed by atoms with Crippen LogP contribution in [0.15, 0.2) is 30.3 Å². The lowest BCUT2D eigenvalue weighted by atomic mass is 10.1. The molecule has 0 aliphatic carbocycles. The molecule has 1 aliphatic rings. The van der Waals surface area contributed by atoms with Crippen molar-refractivity contribution in [1.82, 2.24) is 9.80 Å². The Hall–Kier alpha value is -1.19. The second-order valence-corrected chi connectivity index (χ2v) is 6.43. The molecule has 0 amide bonds. The third-order valence-electron chi connectivity index (χ3n) is 4.27. The second-order valence-electron chi connectivity index (χ2n) is 6.43. The number of benzene rings is 1. The molecule has 0 saturated carbocycles. The zero-order valence-electron chi connectivity index (χ0n) is 17.0. The molecule has 0 aromatic heterocycles. The maximum Gasteiger partial charge on any atom is 0.119 e. The fourth-order valence-electron chi connectivity index (χ4n) is 2.68. The van der Waals surface area contributed by atoms with Crippen molar-refractivity contribution >= 4 is 6.29 Å². The standard InChI is InChI=1S/C12H18N2.C8H16O.C2H6/c1-13-7-9-14(10-8-13)11-12-5-3-2-4-6-12;1-2-3-4-5-6-7-8-9;1-2/h2-6H,7-11H2,1H3;8H,2-7H2,1H3;1-2H3. The molecule has 144 valence electrons. The molecule has 0 unspecified atom stereocenters. The minimum atomic E-state index is 0.754. The fourth-order valence-corrected chi connectivity index (χ4v) is 2.68. The van der Waals surface area contributed by atoms with Gasteiger partial charge in [0.1, 0.15) is 6.29 Å². The molecular weight excluding hydrogens is 308 g/mol. The van der Waals surface area contributed by atoms with Gasteiger partial charge in [-0.05, 0) is 19.0 Å². The molecule has 1 saturated heterocycles. The summed E-state index contributed by atoms with van der Waals surface area (Å²) in [5, 5.41) is 0. The Kier molecular flexibility index (Phi) is 16.8. The molecule has 2 rings (SSSR count). The van der Waals surface area contributed by atoms with Crippen LogP contribution >= 0.6 is 0 Å². The summed E-state index contributed by atoms with van der Waals surface area (Å²) >= 11 is 0. The summed E-state index contributed by atoms with van der Waals surface area (Å²) in [7, 11) is 2.19. The van der Waals surface area contributed by atoms with Crippen LogP contribution < -0.4 is 0 Å². The van der Waals surface area contributed by atoms with Crippen molar-refractivity contribution < 1.29 is 4.79 Å². The van der Waals surface area contributed by atoms with E-state index in [1.165, 1.54) is 57.4 Å². The van der Waals surface area contributed by atoms with E-state index in [-0.39, 0.29) is 0 Å². The van der Waals surface area contributed by atoms with E-state index >= 15 is 0 Å². The lowest BCUT2D eigenvalue weighted by Gasteiger charge is -2.32. The summed E-state index contributed by atoms with van der Waals surface area (Å²) < 4.78 is 0. The minimum Gasteiger partial charge on any atom is -0.304 e. The first-order chi connectivity index (χ1) is 12.3. The summed E-state index contributed by atoms with van der Waals surface area (Å²) in [6, 6.07) is 10.7. The van der Waals surface area contributed by atoms with Crippen LogP contribution in [0.5, 0.6) is 0 Å². The van der Waals surface area contributed by atoms with Gasteiger partial charge in [-0.2, -0.15) is 0 Å². The van der Waals surface area contributed by atoms with Crippen molar-refractivity contribution in [1.29, 1.82) is 0 Å². The Morgan fingerprint density at radius 2 is 1.52 bits per heavy atom. The molecular formula is C22H40N2O. The van der Waals surface area contributed by atoms with Crippen molar-refractivity contribution in [3.63, 3.8) is 0 Å². The van der Waals surface area contributed by atoms with Gasteiger partial charge in [-0.1, -0.05) is 76.8 Å². The Labute approximate surface area is 156 Å². The molecule has 1 aliphatic heterocycles. The third-order valence-corrected chi connectivity index (χ3v) is 4.27. The molecule has 1 aromatic carbocycles. The summed E-state index contributed by atoms with van der Waals surface area (Å²) in [5.41, 5.74) is 1.43. The molecule has 25 heavy (non-hydrogen) atoms. The number of nitrogens with zero attached hydrogens (tertiary/aromatic N) is 2. The van der Waals surface area contributed by atoms with E-state index in [1.54, 1.807) is 0 Å². The van der Waals surface area contributed by atoms with E-state index in [4.69, 9.17) is 0 Å². The van der Waals surface area contributed by atoms with Crippen LogP contribution in [-0.4, -0.2) is 49.3 Å². The fraction of sp³-hybridized carbons (Fsp3) is 0.682. The number of piperazine rings is 1. The highest BCUT2D eigenvalue weighted by Crippen LogP contribution is 2.07. The maximum atomic E-state index is 9.84. The Morgan fingerprint density at radius 1 is 0.920 bits per heavy atom. The molecule has 1 fully saturated rings. The average molecular weight is 349 g/mol. The van der Waals surface area contributed by atoms with Gasteiger partial charge >= 0.3 is 0 Å². The van der Waals surface area contributed by atoms with Crippen molar-refractivity contribution in [2.75, 3.05) is 33.2 Å². The topological polar surface area (TPSA) is 23.6 Å². The van der Waals surface area contributed by atoms with Crippen LogP contribution in [0.1, 0.15) is 64.9 Å². The molecule has 1 aromatic rings. The third kappa shape index (κ3) is 13.7. The zero-order chi connectivity index (χ0) is 18.8. The van der Waals surface area contributed by atoms with Crippen LogP contribution in [0, 0.1) is 0 Å². The smallest absolute Gasteiger partial charge is 0.119 e. The number of unbranched alkanes of at least 4 members (excludes halogenated alkanes) is 5. The van der Waals surface area contributed by atoms with Crippen molar-refractivity contribution in [3.05, 3.63) is 35.9 Å². The lowest BCUT2D eigenvalue weighted by molar-refractivity contribution is -0.107. The number of likely N-dealkylation sites (N-methyl/N-ethyl adjacent to an activating group) is 1. The molecule has 0 bridgehead atoms. The summed E-state index contributed by atoms with van der Waals surface area (Å²) in [4.78, 5) is 14.8. The van der Waals surface area contributed by atoms with Gasteiger partial charge in [0, 0.05) is 39.1 Å². The van der Waals surface area contributed by atoms with Crippen LogP contribution in [0.2, 0.25) is 0 Å². The minimum absolute atomic E-state index is 0.754. The average Bonchev–Trinajstić information content (AvgIpc) is 2.67. The van der Waals surface area contributed by atoms with Gasteiger partial charge in [-0.25, -0.2) is 0 Å². The Balaban J connectivity index is 0.000000458. The molecule has 0 spiro atoms. The van der Waals surface area contributed by atoms with Crippen LogP contribution in [0.3, 0.4) is 0 Å². The number of carbonyl (C=O) groups is 1. The molecule has 0 N–H and O–H groups in total. The lowest BCUT2D eigenvalue weighted by Crippen LogP contribution is -2.43. The number of hydrogen-bond acceptors (Lipinski definition) is 3. The SMILES string of the molecule is CC.CCCCCCCC=O.CN1CCN(Cc2ccccc2)CC1. The Morgan fingerprint density at radius 3 is 2.08 bits per heavy atom. The van der Waals surface area contributed by atoms with Gasteiger partial charge in [0.25, 0.3) is 0 Å². The molecule has 0 atom stereocenters. The predicted octanol–water partition coefficient (Wildman–Crippen LogP) is 5.01. The van der Waals surface area contributed by atoms with E-state index in [0.717, 1.165) is 25.7 Å². The van der Waals surface area contributed by atoms with Gasteiger partial charge in [-0.15, -0.1) is 0 Å². The highest BCUT2D eigenvalue weighted by atomic mass is 16.1. The highest BCUT2D eigenvalue weighted by molar-refractivity contribution is 5.48. The van der Waals surface area contributed by atoms with Crippen molar-refractivity contribution in [2.24, 2.45) is 0 Å². The highest BCUT2D eigenvalue weighted by Gasteiger charge is 2.13. The number of carbonyl (C=O) groups excluding carboxylic acids is 1. The first-order valence-corrected chi connectivity index (χ1v) is 10.1. The van der Waals surface area contributed by atoms with Crippen molar-refractivity contribution in [3.8, 4) is 0 Å².